The Labute approximate surface area is 91.9 Å². The molecule has 0 heterocycles. The highest BCUT2D eigenvalue weighted by Gasteiger charge is 2.08. The Hall–Kier alpha value is -0.690. The van der Waals surface area contributed by atoms with E-state index in [9.17, 15) is 4.79 Å². The highest BCUT2D eigenvalue weighted by atomic mass is 17.2. The van der Waals surface area contributed by atoms with E-state index >= 15 is 0 Å². The highest BCUT2D eigenvalue weighted by molar-refractivity contribution is 5.69. The van der Waals surface area contributed by atoms with Crippen LogP contribution in [0.3, 0.4) is 0 Å². The molecule has 0 saturated carbocycles. The summed E-state index contributed by atoms with van der Waals surface area (Å²) in [6.45, 7) is 1.72. The van der Waals surface area contributed by atoms with Crippen molar-refractivity contribution in [3.8, 4) is 0 Å². The van der Waals surface area contributed by atoms with E-state index in [1.165, 1.54) is 21.3 Å². The lowest BCUT2D eigenvalue weighted by Gasteiger charge is -2.06. The Morgan fingerprint density at radius 2 is 1.67 bits per heavy atom. The maximum Gasteiger partial charge on any atom is 0.308 e. The van der Waals surface area contributed by atoms with Gasteiger partial charge >= 0.3 is 5.97 Å². The molecule has 1 N–H and O–H groups in total. The maximum absolute atomic E-state index is 10.5. The second-order valence-electron chi connectivity index (χ2n) is 2.04. The van der Waals surface area contributed by atoms with Crippen LogP contribution in [0.4, 0.5) is 0 Å². The third-order valence-corrected chi connectivity index (χ3v) is 0.942. The van der Waals surface area contributed by atoms with Crippen molar-refractivity contribution < 1.29 is 29.5 Å². The molecule has 6 heteroatoms. The molecule has 0 aromatic carbocycles. The number of methoxy groups -OCH3 is 1. The summed E-state index contributed by atoms with van der Waals surface area (Å²) >= 11 is 0. The number of carbonyl (C=O) groups is 1. The first kappa shape index (κ1) is 23.8. The quantitative estimate of drug-likeness (QED) is 0.450. The fourth-order valence-electron chi connectivity index (χ4n) is 0.516. The van der Waals surface area contributed by atoms with Crippen LogP contribution in [0.5, 0.6) is 0 Å². The van der Waals surface area contributed by atoms with E-state index in [1.54, 1.807) is 6.92 Å². The van der Waals surface area contributed by atoms with Gasteiger partial charge in [-0.15, -0.1) is 0 Å². The SMILES string of the molecule is C.C.COO.COOC(C)CC(=O)OC. The fourth-order valence-corrected chi connectivity index (χ4v) is 0.516. The van der Waals surface area contributed by atoms with E-state index < -0.39 is 0 Å². The molecule has 96 valence electrons. The lowest BCUT2D eigenvalue weighted by molar-refractivity contribution is -0.300. The van der Waals surface area contributed by atoms with Crippen molar-refractivity contribution in [3.63, 3.8) is 0 Å². The molecule has 6 nitrogen and oxygen atoms in total. The largest absolute Gasteiger partial charge is 0.469 e. The molecule has 1 atom stereocenters. The van der Waals surface area contributed by atoms with Gasteiger partial charge in [-0.1, -0.05) is 14.9 Å². The molecule has 0 amide bonds. The van der Waals surface area contributed by atoms with Crippen LogP contribution in [0.2, 0.25) is 0 Å². The van der Waals surface area contributed by atoms with Crippen molar-refractivity contribution in [2.24, 2.45) is 0 Å². The van der Waals surface area contributed by atoms with E-state index in [0.717, 1.165) is 0 Å². The lowest BCUT2D eigenvalue weighted by Crippen LogP contribution is -2.14. The number of rotatable bonds is 4. The topological polar surface area (TPSA) is 74.2 Å². The first-order chi connectivity index (χ1) is 6.12. The van der Waals surface area contributed by atoms with Gasteiger partial charge in [-0.05, 0) is 6.92 Å². The zero-order valence-electron chi connectivity index (χ0n) is 8.27. The van der Waals surface area contributed by atoms with E-state index in [-0.39, 0.29) is 33.3 Å². The Kier molecular flexibility index (Phi) is 30.2. The molecule has 0 spiro atoms. The van der Waals surface area contributed by atoms with E-state index in [4.69, 9.17) is 5.26 Å². The summed E-state index contributed by atoms with van der Waals surface area (Å²) in [6.07, 6.45) is -0.0397. The predicted octanol–water partition coefficient (Wildman–Crippen LogP) is 1.89. The third kappa shape index (κ3) is 24.7. The van der Waals surface area contributed by atoms with Gasteiger partial charge in [-0.25, -0.2) is 14.7 Å². The van der Waals surface area contributed by atoms with Gasteiger partial charge in [-0.3, -0.25) is 10.1 Å². The third-order valence-electron chi connectivity index (χ3n) is 0.942. The number of esters is 1. The van der Waals surface area contributed by atoms with Crippen LogP contribution in [-0.2, 0) is 24.2 Å². The lowest BCUT2D eigenvalue weighted by atomic mass is 10.3. The summed E-state index contributed by atoms with van der Waals surface area (Å²) in [6, 6.07) is 0. The van der Waals surface area contributed by atoms with Gasteiger partial charge in [0.05, 0.1) is 27.8 Å². The maximum atomic E-state index is 10.5. The van der Waals surface area contributed by atoms with Gasteiger partial charge in [0.15, 0.2) is 0 Å². The van der Waals surface area contributed by atoms with Gasteiger partial charge < -0.3 is 4.74 Å². The molecular weight excluding hydrogens is 204 g/mol. The van der Waals surface area contributed by atoms with Gasteiger partial charge in [-0.2, -0.15) is 0 Å². The summed E-state index contributed by atoms with van der Waals surface area (Å²) in [5, 5.41) is 7.07. The summed E-state index contributed by atoms with van der Waals surface area (Å²) in [5.41, 5.74) is 0. The second kappa shape index (κ2) is 19.0. The number of ether oxygens (including phenoxy) is 1. The van der Waals surface area contributed by atoms with Crippen LogP contribution in [0.25, 0.3) is 0 Å². The van der Waals surface area contributed by atoms with Crippen molar-refractivity contribution in [1.29, 1.82) is 0 Å². The molecule has 0 aliphatic carbocycles. The van der Waals surface area contributed by atoms with Crippen molar-refractivity contribution in [2.75, 3.05) is 21.3 Å². The molecule has 1 unspecified atom stereocenters. The van der Waals surface area contributed by atoms with Crippen LogP contribution in [-0.4, -0.2) is 38.7 Å². The first-order valence-electron chi connectivity index (χ1n) is 3.56. The number of carbonyl (C=O) groups excluding carboxylic acids is 1. The number of hydrogen-bond acceptors (Lipinski definition) is 6. The van der Waals surface area contributed by atoms with Crippen molar-refractivity contribution in [3.05, 3.63) is 0 Å². The van der Waals surface area contributed by atoms with Crippen LogP contribution in [0.1, 0.15) is 28.2 Å². The van der Waals surface area contributed by atoms with Crippen molar-refractivity contribution in [1.82, 2.24) is 0 Å². The minimum Gasteiger partial charge on any atom is -0.469 e. The first-order valence-corrected chi connectivity index (χ1v) is 3.56. The van der Waals surface area contributed by atoms with Crippen molar-refractivity contribution >= 4 is 5.97 Å². The summed E-state index contributed by atoms with van der Waals surface area (Å²) in [4.78, 5) is 22.7. The Morgan fingerprint density at radius 3 is 1.93 bits per heavy atom. The molecule has 0 aliphatic rings. The zero-order chi connectivity index (χ0) is 10.7. The summed E-state index contributed by atoms with van der Waals surface area (Å²) < 4.78 is 4.39. The molecule has 0 aromatic heterocycles. The molecular formula is C9H24O6. The van der Waals surface area contributed by atoms with E-state index in [1.807, 2.05) is 0 Å². The van der Waals surface area contributed by atoms with Crippen molar-refractivity contribution in [2.45, 2.75) is 34.3 Å². The Morgan fingerprint density at radius 1 is 1.27 bits per heavy atom. The molecule has 0 bridgehead atoms. The minimum atomic E-state index is -0.301. The monoisotopic (exact) mass is 228 g/mol. The average molecular weight is 228 g/mol. The average Bonchev–Trinajstić information content (AvgIpc) is 2.06. The summed E-state index contributed by atoms with van der Waals surface area (Å²) in [5.74, 6) is -0.301. The molecule has 0 aliphatic heterocycles. The van der Waals surface area contributed by atoms with Gasteiger partial charge in [0.1, 0.15) is 6.10 Å². The van der Waals surface area contributed by atoms with Gasteiger partial charge in [0, 0.05) is 0 Å². The van der Waals surface area contributed by atoms with Crippen LogP contribution in [0.15, 0.2) is 0 Å². The molecule has 0 fully saturated rings. The molecule has 0 radical (unpaired) electrons. The predicted molar refractivity (Wildman–Crippen MR) is 57.3 cm³/mol. The molecule has 0 saturated heterocycles. The van der Waals surface area contributed by atoms with Gasteiger partial charge in [0.25, 0.3) is 0 Å². The minimum absolute atomic E-state index is 0. The zero-order valence-corrected chi connectivity index (χ0v) is 8.27. The second-order valence-corrected chi connectivity index (χ2v) is 2.04. The van der Waals surface area contributed by atoms with Crippen LogP contribution >= 0.6 is 0 Å². The molecule has 0 rings (SSSR count). The standard InChI is InChI=1S/C6H12O4.CH4O2.2CH4/c1-5(10-9-3)4-6(7)8-2;1-3-2;;/h5H,4H2,1-3H3;2H,1H3;2*1H4. The smallest absolute Gasteiger partial charge is 0.308 e. The van der Waals surface area contributed by atoms with Crippen LogP contribution in [0, 0.1) is 0 Å². The Bertz CT molecular complexity index is 117. The normalized spacial score (nSPS) is 9.67. The van der Waals surface area contributed by atoms with E-state index in [0.29, 0.717) is 0 Å². The van der Waals surface area contributed by atoms with Crippen LogP contribution < -0.4 is 0 Å². The van der Waals surface area contributed by atoms with Gasteiger partial charge in [0.2, 0.25) is 0 Å². The number of hydrogen-bond donors (Lipinski definition) is 1. The van der Waals surface area contributed by atoms with E-state index in [2.05, 4.69) is 19.4 Å². The molecule has 15 heavy (non-hydrogen) atoms. The Balaban J connectivity index is -0.000000108. The highest BCUT2D eigenvalue weighted by Crippen LogP contribution is 1.97. The molecule has 0 aromatic rings. The summed E-state index contributed by atoms with van der Waals surface area (Å²) in [7, 11) is 3.91. The fraction of sp³-hybridized carbons (Fsp3) is 0.889.